The number of unbranched alkanes of at least 4 members (excludes halogenated alkanes) is 1. The zero-order valence-electron chi connectivity index (χ0n) is 8.31. The van der Waals surface area contributed by atoms with Crippen LogP contribution < -0.4 is 5.32 Å². The average molecular weight is 187 g/mol. The van der Waals surface area contributed by atoms with Gasteiger partial charge in [0, 0.05) is 6.04 Å². The van der Waals surface area contributed by atoms with E-state index >= 15 is 0 Å². The van der Waals surface area contributed by atoms with E-state index in [2.05, 4.69) is 25.2 Å². The van der Waals surface area contributed by atoms with Crippen molar-refractivity contribution in [2.24, 2.45) is 0 Å². The van der Waals surface area contributed by atoms with Crippen LogP contribution in [0.1, 0.15) is 25.7 Å². The quantitative estimate of drug-likeness (QED) is 0.463. The Kier molecular flexibility index (Phi) is 9.18. The first-order valence-electron chi connectivity index (χ1n) is 4.62. The normalized spacial score (nSPS) is 12.8. The maximum absolute atomic E-state index is 3.72. The minimum absolute atomic E-state index is 0.706. The first-order valence-corrected chi connectivity index (χ1v) is 6.01. The third-order valence-corrected chi connectivity index (χ3v) is 2.68. The summed E-state index contributed by atoms with van der Waals surface area (Å²) in [4.78, 5) is 0. The predicted octanol–water partition coefficient (Wildman–Crippen LogP) is 2.68. The molecule has 1 unspecified atom stereocenters. The molecule has 0 amide bonds. The van der Waals surface area contributed by atoms with Gasteiger partial charge in [0.15, 0.2) is 0 Å². The summed E-state index contributed by atoms with van der Waals surface area (Å²) in [5, 5.41) is 3.35. The molecule has 0 rings (SSSR count). The molecule has 0 aliphatic carbocycles. The lowest BCUT2D eigenvalue weighted by Crippen LogP contribution is -2.25. The lowest BCUT2D eigenvalue weighted by molar-refractivity contribution is 0.497. The van der Waals surface area contributed by atoms with Crippen LogP contribution in [-0.2, 0) is 0 Å². The van der Waals surface area contributed by atoms with Crippen molar-refractivity contribution >= 4 is 11.8 Å². The van der Waals surface area contributed by atoms with Crippen molar-refractivity contribution in [1.82, 2.24) is 5.32 Å². The average Bonchev–Trinajstić information content (AvgIpc) is 2.11. The Balaban J connectivity index is 3.32. The molecule has 0 spiro atoms. The monoisotopic (exact) mass is 187 g/mol. The van der Waals surface area contributed by atoms with E-state index in [1.54, 1.807) is 0 Å². The lowest BCUT2D eigenvalue weighted by Gasteiger charge is -2.14. The van der Waals surface area contributed by atoms with E-state index < -0.39 is 0 Å². The van der Waals surface area contributed by atoms with Crippen LogP contribution in [0, 0.1) is 0 Å². The van der Waals surface area contributed by atoms with Gasteiger partial charge in [0.25, 0.3) is 0 Å². The minimum Gasteiger partial charge on any atom is -0.317 e. The summed E-state index contributed by atoms with van der Waals surface area (Å²) in [6, 6.07) is 0.706. The molecule has 0 fully saturated rings. The first-order chi connectivity index (χ1) is 5.85. The molecule has 72 valence electrons. The third-order valence-electron chi connectivity index (χ3n) is 2.04. The first kappa shape index (κ1) is 12.0. The molecular weight excluding hydrogens is 166 g/mol. The topological polar surface area (TPSA) is 12.0 Å². The molecule has 0 heterocycles. The van der Waals surface area contributed by atoms with Crippen LogP contribution in [0.25, 0.3) is 0 Å². The number of thioether (sulfide) groups is 1. The highest BCUT2D eigenvalue weighted by atomic mass is 32.2. The van der Waals surface area contributed by atoms with Gasteiger partial charge < -0.3 is 5.32 Å². The molecule has 12 heavy (non-hydrogen) atoms. The van der Waals surface area contributed by atoms with Crippen molar-refractivity contribution in [3.05, 3.63) is 12.7 Å². The second-order valence-corrected chi connectivity index (χ2v) is 3.97. The number of rotatable bonds is 8. The summed E-state index contributed by atoms with van der Waals surface area (Å²) in [6.45, 7) is 3.72. The summed E-state index contributed by atoms with van der Waals surface area (Å²) < 4.78 is 0. The molecule has 0 saturated carbocycles. The van der Waals surface area contributed by atoms with Crippen molar-refractivity contribution in [1.29, 1.82) is 0 Å². The molecule has 0 saturated heterocycles. The summed E-state index contributed by atoms with van der Waals surface area (Å²) in [5.41, 5.74) is 0. The van der Waals surface area contributed by atoms with Crippen molar-refractivity contribution in [3.63, 3.8) is 0 Å². The van der Waals surface area contributed by atoms with Gasteiger partial charge in [-0.3, -0.25) is 0 Å². The summed E-state index contributed by atoms with van der Waals surface area (Å²) in [7, 11) is 2.05. The molecule has 1 atom stereocenters. The molecular formula is C10H21NS. The largest absolute Gasteiger partial charge is 0.317 e. The van der Waals surface area contributed by atoms with E-state index in [1.165, 1.54) is 25.0 Å². The van der Waals surface area contributed by atoms with Gasteiger partial charge in [0.05, 0.1) is 0 Å². The van der Waals surface area contributed by atoms with E-state index in [0.29, 0.717) is 6.04 Å². The van der Waals surface area contributed by atoms with Crippen LogP contribution in [0.15, 0.2) is 12.7 Å². The summed E-state index contributed by atoms with van der Waals surface area (Å²) in [6.07, 6.45) is 9.15. The van der Waals surface area contributed by atoms with Crippen molar-refractivity contribution in [3.8, 4) is 0 Å². The minimum atomic E-state index is 0.706. The van der Waals surface area contributed by atoms with Gasteiger partial charge in [-0.05, 0) is 44.7 Å². The molecule has 2 heteroatoms. The fourth-order valence-corrected chi connectivity index (χ4v) is 1.72. The van der Waals surface area contributed by atoms with E-state index in [0.717, 1.165) is 6.42 Å². The Hall–Kier alpha value is 0.0500. The predicted molar refractivity (Wildman–Crippen MR) is 59.9 cm³/mol. The van der Waals surface area contributed by atoms with Crippen LogP contribution in [-0.4, -0.2) is 25.1 Å². The Morgan fingerprint density at radius 2 is 2.25 bits per heavy atom. The van der Waals surface area contributed by atoms with Gasteiger partial charge in [-0.1, -0.05) is 6.08 Å². The second kappa shape index (κ2) is 9.14. The molecule has 0 aliphatic heterocycles. The standard InChI is InChI=1S/C10H21NS/c1-4-5-6-7-10(11-2)8-9-12-3/h4,10-11H,1,5-9H2,2-3H3. The molecule has 0 bridgehead atoms. The Morgan fingerprint density at radius 1 is 1.50 bits per heavy atom. The SMILES string of the molecule is C=CCCCC(CCSC)NC. The third kappa shape index (κ3) is 6.74. The van der Waals surface area contributed by atoms with Crippen LogP contribution in [0.5, 0.6) is 0 Å². The Labute approximate surface area is 81.0 Å². The van der Waals surface area contributed by atoms with Gasteiger partial charge in [-0.15, -0.1) is 6.58 Å². The van der Waals surface area contributed by atoms with E-state index in [1.807, 2.05) is 17.8 Å². The van der Waals surface area contributed by atoms with Gasteiger partial charge in [0.2, 0.25) is 0 Å². The summed E-state index contributed by atoms with van der Waals surface area (Å²) >= 11 is 1.92. The molecule has 0 aromatic rings. The molecule has 0 radical (unpaired) electrons. The Morgan fingerprint density at radius 3 is 2.75 bits per heavy atom. The van der Waals surface area contributed by atoms with Crippen LogP contribution in [0.3, 0.4) is 0 Å². The van der Waals surface area contributed by atoms with Gasteiger partial charge in [-0.2, -0.15) is 11.8 Å². The number of allylic oxidation sites excluding steroid dienone is 1. The van der Waals surface area contributed by atoms with Crippen LogP contribution in [0.2, 0.25) is 0 Å². The van der Waals surface area contributed by atoms with Crippen LogP contribution >= 0.6 is 11.8 Å². The van der Waals surface area contributed by atoms with Gasteiger partial charge >= 0.3 is 0 Å². The lowest BCUT2D eigenvalue weighted by atomic mass is 10.1. The highest BCUT2D eigenvalue weighted by Crippen LogP contribution is 2.07. The van der Waals surface area contributed by atoms with Crippen molar-refractivity contribution in [2.45, 2.75) is 31.7 Å². The Bertz CT molecular complexity index is 104. The van der Waals surface area contributed by atoms with E-state index in [4.69, 9.17) is 0 Å². The molecule has 0 aromatic heterocycles. The van der Waals surface area contributed by atoms with E-state index in [-0.39, 0.29) is 0 Å². The fourth-order valence-electron chi connectivity index (χ4n) is 1.20. The van der Waals surface area contributed by atoms with Gasteiger partial charge in [-0.25, -0.2) is 0 Å². The van der Waals surface area contributed by atoms with Crippen LogP contribution in [0.4, 0.5) is 0 Å². The van der Waals surface area contributed by atoms with E-state index in [9.17, 15) is 0 Å². The molecule has 1 nitrogen and oxygen atoms in total. The highest BCUT2D eigenvalue weighted by molar-refractivity contribution is 7.98. The number of hydrogen-bond acceptors (Lipinski definition) is 2. The van der Waals surface area contributed by atoms with Crippen molar-refractivity contribution < 1.29 is 0 Å². The maximum Gasteiger partial charge on any atom is 0.00720 e. The molecule has 0 aliphatic rings. The van der Waals surface area contributed by atoms with Gasteiger partial charge in [0.1, 0.15) is 0 Å². The molecule has 1 N–H and O–H groups in total. The number of hydrogen-bond donors (Lipinski definition) is 1. The fraction of sp³-hybridized carbons (Fsp3) is 0.800. The molecule has 0 aromatic carbocycles. The number of nitrogens with one attached hydrogen (secondary N) is 1. The zero-order valence-corrected chi connectivity index (χ0v) is 9.12. The van der Waals surface area contributed by atoms with Crippen molar-refractivity contribution in [2.75, 3.05) is 19.1 Å². The second-order valence-electron chi connectivity index (χ2n) is 2.99. The summed E-state index contributed by atoms with van der Waals surface area (Å²) in [5.74, 6) is 1.26. The highest BCUT2D eigenvalue weighted by Gasteiger charge is 2.03. The maximum atomic E-state index is 3.72. The zero-order chi connectivity index (χ0) is 9.23. The smallest absolute Gasteiger partial charge is 0.00720 e.